The molecule has 128 valence electrons. The molecule has 0 saturated heterocycles. The standard InChI is InChI=1S/C17H14FN3O3S/c1-12-6-7-14(18)15(10-12)20(11-19)8-9-21-17(22)13-4-2-3-5-16(13)25(21,23)24/h2-7,10H,8-9H2,1H3. The highest BCUT2D eigenvalue weighted by Gasteiger charge is 2.40. The molecular formula is C17H14FN3O3S. The molecule has 0 aliphatic carbocycles. The molecule has 1 aliphatic rings. The van der Waals surface area contributed by atoms with Crippen molar-refractivity contribution in [3.8, 4) is 6.19 Å². The minimum Gasteiger partial charge on any atom is -0.275 e. The second-order valence-electron chi connectivity index (χ2n) is 5.58. The fraction of sp³-hybridized carbons (Fsp3) is 0.176. The number of aryl methyl sites for hydroxylation is 1. The molecule has 0 atom stereocenters. The SMILES string of the molecule is Cc1ccc(F)c(N(C#N)CCN2C(=O)c3ccccc3S2(=O)=O)c1. The Morgan fingerprint density at radius 1 is 1.24 bits per heavy atom. The minimum atomic E-state index is -3.95. The van der Waals surface area contributed by atoms with E-state index in [9.17, 15) is 22.9 Å². The van der Waals surface area contributed by atoms with Crippen molar-refractivity contribution in [3.63, 3.8) is 0 Å². The van der Waals surface area contributed by atoms with Crippen LogP contribution in [0.15, 0.2) is 47.4 Å². The van der Waals surface area contributed by atoms with E-state index in [1.54, 1.807) is 19.1 Å². The van der Waals surface area contributed by atoms with Crippen LogP contribution in [0.1, 0.15) is 15.9 Å². The third-order valence-electron chi connectivity index (χ3n) is 3.95. The number of nitriles is 1. The molecule has 0 unspecified atom stereocenters. The zero-order valence-corrected chi connectivity index (χ0v) is 14.1. The van der Waals surface area contributed by atoms with Gasteiger partial charge in [-0.05, 0) is 36.8 Å². The minimum absolute atomic E-state index is 0.0454. The van der Waals surface area contributed by atoms with Gasteiger partial charge in [0.2, 0.25) is 0 Å². The summed E-state index contributed by atoms with van der Waals surface area (Å²) >= 11 is 0. The first-order chi connectivity index (χ1) is 11.9. The van der Waals surface area contributed by atoms with E-state index in [-0.39, 0.29) is 29.2 Å². The molecule has 25 heavy (non-hydrogen) atoms. The number of rotatable bonds is 4. The molecule has 1 amide bonds. The van der Waals surface area contributed by atoms with Gasteiger partial charge in [-0.2, -0.15) is 5.26 Å². The van der Waals surface area contributed by atoms with Crippen LogP contribution in [0, 0.1) is 24.2 Å². The van der Waals surface area contributed by atoms with Crippen molar-refractivity contribution in [2.45, 2.75) is 11.8 Å². The summed E-state index contributed by atoms with van der Waals surface area (Å²) in [6, 6.07) is 10.2. The van der Waals surface area contributed by atoms with E-state index in [0.717, 1.165) is 14.8 Å². The van der Waals surface area contributed by atoms with Crippen molar-refractivity contribution in [1.82, 2.24) is 4.31 Å². The first kappa shape index (κ1) is 16.9. The first-order valence-electron chi connectivity index (χ1n) is 7.46. The van der Waals surface area contributed by atoms with E-state index < -0.39 is 21.7 Å². The van der Waals surface area contributed by atoms with Crippen molar-refractivity contribution in [1.29, 1.82) is 5.26 Å². The Balaban J connectivity index is 1.85. The zero-order chi connectivity index (χ0) is 18.2. The molecule has 0 bridgehead atoms. The van der Waals surface area contributed by atoms with Crippen LogP contribution in [0.25, 0.3) is 0 Å². The number of carbonyl (C=O) groups is 1. The van der Waals surface area contributed by atoms with Gasteiger partial charge in [-0.1, -0.05) is 18.2 Å². The number of anilines is 1. The summed E-state index contributed by atoms with van der Waals surface area (Å²) in [5.74, 6) is -1.23. The number of sulfonamides is 1. The number of fused-ring (bicyclic) bond motifs is 1. The molecule has 3 rings (SSSR count). The summed E-state index contributed by atoms with van der Waals surface area (Å²) in [5, 5.41) is 9.29. The zero-order valence-electron chi connectivity index (χ0n) is 13.3. The van der Waals surface area contributed by atoms with Crippen LogP contribution in [-0.4, -0.2) is 31.7 Å². The molecular weight excluding hydrogens is 345 g/mol. The van der Waals surface area contributed by atoms with Gasteiger partial charge in [-0.15, -0.1) is 0 Å². The van der Waals surface area contributed by atoms with E-state index in [2.05, 4.69) is 0 Å². The molecule has 0 radical (unpaired) electrons. The van der Waals surface area contributed by atoms with Crippen LogP contribution in [0.5, 0.6) is 0 Å². The molecule has 0 spiro atoms. The van der Waals surface area contributed by atoms with Crippen LogP contribution in [0.2, 0.25) is 0 Å². The third-order valence-corrected chi connectivity index (χ3v) is 5.79. The van der Waals surface area contributed by atoms with Crippen LogP contribution in [0.4, 0.5) is 10.1 Å². The smallest absolute Gasteiger partial charge is 0.269 e. The van der Waals surface area contributed by atoms with Crippen molar-refractivity contribution in [2.24, 2.45) is 0 Å². The third kappa shape index (κ3) is 2.83. The van der Waals surface area contributed by atoms with Crippen molar-refractivity contribution in [3.05, 3.63) is 59.4 Å². The maximum atomic E-state index is 14.0. The van der Waals surface area contributed by atoms with Gasteiger partial charge in [0.1, 0.15) is 10.7 Å². The van der Waals surface area contributed by atoms with Gasteiger partial charge in [-0.25, -0.2) is 17.1 Å². The molecule has 2 aromatic carbocycles. The molecule has 8 heteroatoms. The van der Waals surface area contributed by atoms with Crippen LogP contribution >= 0.6 is 0 Å². The molecule has 0 N–H and O–H groups in total. The molecule has 0 fully saturated rings. The molecule has 0 aromatic heterocycles. The summed E-state index contributed by atoms with van der Waals surface area (Å²) in [5.41, 5.74) is 0.908. The normalized spacial score (nSPS) is 14.9. The lowest BCUT2D eigenvalue weighted by Gasteiger charge is -2.21. The van der Waals surface area contributed by atoms with Crippen molar-refractivity contribution >= 4 is 21.6 Å². The summed E-state index contributed by atoms with van der Waals surface area (Å²) in [6.45, 7) is 1.36. The van der Waals surface area contributed by atoms with Crippen LogP contribution in [0.3, 0.4) is 0 Å². The lowest BCUT2D eigenvalue weighted by atomic mass is 10.2. The van der Waals surface area contributed by atoms with Gasteiger partial charge in [0.25, 0.3) is 15.9 Å². The number of nitrogens with zero attached hydrogens (tertiary/aromatic N) is 3. The molecule has 1 aliphatic heterocycles. The summed E-state index contributed by atoms with van der Waals surface area (Å²) in [7, 11) is -3.95. The number of benzene rings is 2. The van der Waals surface area contributed by atoms with Crippen molar-refractivity contribution in [2.75, 3.05) is 18.0 Å². The highest BCUT2D eigenvalue weighted by Crippen LogP contribution is 2.30. The largest absolute Gasteiger partial charge is 0.275 e. The molecule has 2 aromatic rings. The Labute approximate surface area is 144 Å². The Kier molecular flexibility index (Phi) is 4.18. The van der Waals surface area contributed by atoms with Gasteiger partial charge in [0.05, 0.1) is 24.3 Å². The van der Waals surface area contributed by atoms with E-state index in [1.165, 1.54) is 30.3 Å². The predicted octanol–water partition coefficient (Wildman–Crippen LogP) is 2.27. The molecule has 6 nitrogen and oxygen atoms in total. The maximum absolute atomic E-state index is 14.0. The second kappa shape index (κ2) is 6.18. The lowest BCUT2D eigenvalue weighted by molar-refractivity contribution is 0.0873. The van der Waals surface area contributed by atoms with E-state index in [4.69, 9.17) is 0 Å². The summed E-state index contributed by atoms with van der Waals surface area (Å²) in [6.07, 6.45) is 1.83. The van der Waals surface area contributed by atoms with Gasteiger partial charge < -0.3 is 0 Å². The van der Waals surface area contributed by atoms with Gasteiger partial charge in [-0.3, -0.25) is 9.69 Å². The number of halogens is 1. The van der Waals surface area contributed by atoms with E-state index in [1.807, 2.05) is 6.19 Å². The number of hydrogen-bond acceptors (Lipinski definition) is 5. The first-order valence-corrected chi connectivity index (χ1v) is 8.90. The fourth-order valence-corrected chi connectivity index (χ4v) is 4.26. The quantitative estimate of drug-likeness (QED) is 0.618. The van der Waals surface area contributed by atoms with Crippen molar-refractivity contribution < 1.29 is 17.6 Å². The van der Waals surface area contributed by atoms with E-state index in [0.29, 0.717) is 0 Å². The maximum Gasteiger partial charge on any atom is 0.269 e. The highest BCUT2D eigenvalue weighted by molar-refractivity contribution is 7.90. The van der Waals surface area contributed by atoms with Gasteiger partial charge >= 0.3 is 0 Å². The lowest BCUT2D eigenvalue weighted by Crippen LogP contribution is -2.37. The fourth-order valence-electron chi connectivity index (χ4n) is 2.70. The summed E-state index contributed by atoms with van der Waals surface area (Å²) in [4.78, 5) is 13.3. The second-order valence-corrected chi connectivity index (χ2v) is 7.42. The monoisotopic (exact) mass is 359 g/mol. The topological polar surface area (TPSA) is 81.5 Å². The van der Waals surface area contributed by atoms with E-state index >= 15 is 0 Å². The Hall–Kier alpha value is -2.92. The Morgan fingerprint density at radius 3 is 2.64 bits per heavy atom. The molecule has 0 saturated carbocycles. The Morgan fingerprint density at radius 2 is 1.96 bits per heavy atom. The number of amides is 1. The highest BCUT2D eigenvalue weighted by atomic mass is 32.2. The number of carbonyl (C=O) groups excluding carboxylic acids is 1. The van der Waals surface area contributed by atoms with Crippen LogP contribution < -0.4 is 4.90 Å². The molecule has 1 heterocycles. The summed E-state index contributed by atoms with van der Waals surface area (Å²) < 4.78 is 39.6. The predicted molar refractivity (Wildman–Crippen MR) is 88.8 cm³/mol. The number of hydrogen-bond donors (Lipinski definition) is 0. The average molecular weight is 359 g/mol. The Bertz CT molecular complexity index is 998. The van der Waals surface area contributed by atoms with Gasteiger partial charge in [0.15, 0.2) is 6.19 Å². The van der Waals surface area contributed by atoms with Crippen LogP contribution in [-0.2, 0) is 10.0 Å². The van der Waals surface area contributed by atoms with Gasteiger partial charge in [0, 0.05) is 0 Å². The average Bonchev–Trinajstić information content (AvgIpc) is 2.79.